The van der Waals surface area contributed by atoms with Crippen LogP contribution in [0.5, 0.6) is 5.75 Å². The van der Waals surface area contributed by atoms with E-state index < -0.39 is 0 Å². The lowest BCUT2D eigenvalue weighted by atomic mass is 9.90. The van der Waals surface area contributed by atoms with Crippen LogP contribution >= 0.6 is 0 Å². The van der Waals surface area contributed by atoms with Crippen molar-refractivity contribution >= 4 is 5.91 Å². The number of benzene rings is 1. The first-order valence-corrected chi connectivity index (χ1v) is 11.2. The van der Waals surface area contributed by atoms with Crippen molar-refractivity contribution in [2.24, 2.45) is 5.92 Å². The van der Waals surface area contributed by atoms with E-state index in [0.29, 0.717) is 5.92 Å². The van der Waals surface area contributed by atoms with E-state index in [-0.39, 0.29) is 18.1 Å². The lowest BCUT2D eigenvalue weighted by Gasteiger charge is -2.32. The molecule has 7 nitrogen and oxygen atoms in total. The summed E-state index contributed by atoms with van der Waals surface area (Å²) in [5, 5.41) is 4.45. The van der Waals surface area contributed by atoms with Crippen molar-refractivity contribution in [2.75, 3.05) is 20.2 Å². The number of aryl methyl sites for hydroxylation is 2. The minimum Gasteiger partial charge on any atom is -0.497 e. The zero-order valence-electron chi connectivity index (χ0n) is 17.9. The van der Waals surface area contributed by atoms with Gasteiger partial charge >= 0.3 is 5.69 Å². The second kappa shape index (κ2) is 9.49. The predicted molar refractivity (Wildman–Crippen MR) is 115 cm³/mol. The van der Waals surface area contributed by atoms with Crippen LogP contribution in [0.25, 0.3) is 0 Å². The maximum Gasteiger partial charge on any atom is 0.346 e. The summed E-state index contributed by atoms with van der Waals surface area (Å²) >= 11 is 0. The second-order valence-corrected chi connectivity index (χ2v) is 8.53. The minimum absolute atomic E-state index is 0.0129. The number of piperidine rings is 1. The number of ether oxygens (including phenoxy) is 1. The van der Waals surface area contributed by atoms with Gasteiger partial charge in [-0.25, -0.2) is 9.48 Å². The number of hydrogen-bond acceptors (Lipinski definition) is 4. The average molecular weight is 413 g/mol. The summed E-state index contributed by atoms with van der Waals surface area (Å²) < 4.78 is 8.34. The van der Waals surface area contributed by atoms with Crippen molar-refractivity contribution in [1.29, 1.82) is 0 Å². The highest BCUT2D eigenvalue weighted by molar-refractivity contribution is 5.75. The molecular formula is C23H32N4O3. The summed E-state index contributed by atoms with van der Waals surface area (Å²) in [4.78, 5) is 27.2. The number of likely N-dealkylation sites (tertiary alicyclic amines) is 1. The lowest BCUT2D eigenvalue weighted by molar-refractivity contribution is -0.133. The van der Waals surface area contributed by atoms with E-state index in [2.05, 4.69) is 17.2 Å². The molecule has 0 spiro atoms. The number of rotatable bonds is 6. The van der Waals surface area contributed by atoms with E-state index in [4.69, 9.17) is 4.74 Å². The van der Waals surface area contributed by atoms with Crippen LogP contribution in [0.3, 0.4) is 0 Å². The van der Waals surface area contributed by atoms with Gasteiger partial charge in [0.25, 0.3) is 0 Å². The number of carbonyl (C=O) groups is 1. The van der Waals surface area contributed by atoms with Gasteiger partial charge in [-0.3, -0.25) is 9.36 Å². The van der Waals surface area contributed by atoms with Crippen LogP contribution in [0.15, 0.2) is 29.1 Å². The predicted octanol–water partition coefficient (Wildman–Crippen LogP) is 2.65. The van der Waals surface area contributed by atoms with Crippen molar-refractivity contribution in [2.45, 2.75) is 64.5 Å². The van der Waals surface area contributed by atoms with Gasteiger partial charge in [-0.05, 0) is 62.1 Å². The maximum atomic E-state index is 12.8. The van der Waals surface area contributed by atoms with E-state index in [1.165, 1.54) is 10.2 Å². The van der Waals surface area contributed by atoms with Crippen LogP contribution in [0.1, 0.15) is 49.9 Å². The molecule has 2 aliphatic heterocycles. The number of carbonyl (C=O) groups excluding carboxylic acids is 1. The third kappa shape index (κ3) is 4.77. The molecule has 0 bridgehead atoms. The molecule has 7 heteroatoms. The number of nitrogens with zero attached hydrogens (tertiary/aromatic N) is 4. The first-order chi connectivity index (χ1) is 14.6. The Hall–Kier alpha value is -2.57. The van der Waals surface area contributed by atoms with Crippen molar-refractivity contribution < 1.29 is 9.53 Å². The fourth-order valence-electron chi connectivity index (χ4n) is 4.59. The van der Waals surface area contributed by atoms with Gasteiger partial charge in [-0.2, -0.15) is 5.10 Å². The van der Waals surface area contributed by atoms with Crippen LogP contribution in [-0.4, -0.2) is 45.4 Å². The van der Waals surface area contributed by atoms with Crippen LogP contribution in [0.4, 0.5) is 0 Å². The van der Waals surface area contributed by atoms with Crippen molar-refractivity contribution in [3.63, 3.8) is 0 Å². The van der Waals surface area contributed by atoms with Crippen molar-refractivity contribution in [3.05, 3.63) is 46.1 Å². The quantitative estimate of drug-likeness (QED) is 0.731. The Kier molecular flexibility index (Phi) is 6.55. The molecule has 2 aromatic rings. The zero-order chi connectivity index (χ0) is 20.9. The molecule has 1 saturated heterocycles. The lowest BCUT2D eigenvalue weighted by Crippen LogP contribution is -2.42. The fraction of sp³-hybridized carbons (Fsp3) is 0.609. The first-order valence-electron chi connectivity index (χ1n) is 11.2. The molecule has 0 N–H and O–H groups in total. The molecule has 162 valence electrons. The summed E-state index contributed by atoms with van der Waals surface area (Å²) in [5.74, 6) is 2.38. The summed E-state index contributed by atoms with van der Waals surface area (Å²) in [6.45, 7) is 2.33. The molecule has 4 rings (SSSR count). The number of methoxy groups -OCH3 is 1. The highest BCUT2D eigenvalue weighted by atomic mass is 16.5. The Morgan fingerprint density at radius 2 is 1.87 bits per heavy atom. The molecule has 3 heterocycles. The molecule has 1 aromatic heterocycles. The van der Waals surface area contributed by atoms with E-state index in [1.54, 1.807) is 11.7 Å². The zero-order valence-corrected chi connectivity index (χ0v) is 17.9. The standard InChI is InChI=1S/C23H32N4O3/c1-30-20-10-8-18(9-11-20)6-7-19-12-15-25(16-13-19)22(28)17-27-23(29)26-14-4-2-3-5-21(26)24-27/h8-11,19H,2-7,12-17H2,1H3. The van der Waals surface area contributed by atoms with Crippen LogP contribution in [-0.2, 0) is 30.7 Å². The van der Waals surface area contributed by atoms with E-state index in [0.717, 1.165) is 82.6 Å². The van der Waals surface area contributed by atoms with E-state index >= 15 is 0 Å². The summed E-state index contributed by atoms with van der Waals surface area (Å²) in [7, 11) is 1.68. The summed E-state index contributed by atoms with van der Waals surface area (Å²) in [6, 6.07) is 8.27. The van der Waals surface area contributed by atoms with Gasteiger partial charge in [0.2, 0.25) is 5.91 Å². The first kappa shape index (κ1) is 20.7. The van der Waals surface area contributed by atoms with Gasteiger partial charge < -0.3 is 9.64 Å². The normalized spacial score (nSPS) is 17.4. The molecule has 0 unspecified atom stereocenters. The Bertz CT molecular complexity index is 908. The molecule has 0 radical (unpaired) electrons. The second-order valence-electron chi connectivity index (χ2n) is 8.53. The topological polar surface area (TPSA) is 69.4 Å². The van der Waals surface area contributed by atoms with Gasteiger partial charge in [0.15, 0.2) is 0 Å². The van der Waals surface area contributed by atoms with Gasteiger partial charge in [-0.15, -0.1) is 0 Å². The highest BCUT2D eigenvalue weighted by Crippen LogP contribution is 2.23. The van der Waals surface area contributed by atoms with Gasteiger partial charge in [0.05, 0.1) is 7.11 Å². The SMILES string of the molecule is COc1ccc(CCC2CCN(C(=O)Cn3nc4n(c3=O)CCCCC4)CC2)cc1. The molecule has 2 aliphatic rings. The summed E-state index contributed by atoms with van der Waals surface area (Å²) in [5.41, 5.74) is 1.20. The van der Waals surface area contributed by atoms with Crippen LogP contribution in [0.2, 0.25) is 0 Å². The van der Waals surface area contributed by atoms with Crippen molar-refractivity contribution in [1.82, 2.24) is 19.2 Å². The van der Waals surface area contributed by atoms with Crippen molar-refractivity contribution in [3.8, 4) is 5.75 Å². The largest absolute Gasteiger partial charge is 0.497 e. The Balaban J connectivity index is 1.26. The summed E-state index contributed by atoms with van der Waals surface area (Å²) in [6.07, 6.45) is 8.28. The third-order valence-electron chi connectivity index (χ3n) is 6.53. The van der Waals surface area contributed by atoms with E-state index in [9.17, 15) is 9.59 Å². The number of aromatic nitrogens is 3. The minimum atomic E-state index is -0.130. The highest BCUT2D eigenvalue weighted by Gasteiger charge is 2.24. The van der Waals surface area contributed by atoms with E-state index in [1.807, 2.05) is 17.0 Å². The van der Waals surface area contributed by atoms with Gasteiger partial charge in [-0.1, -0.05) is 18.6 Å². The van der Waals surface area contributed by atoms with Crippen LogP contribution in [0, 0.1) is 5.92 Å². The number of hydrogen-bond donors (Lipinski definition) is 0. The number of fused-ring (bicyclic) bond motifs is 1. The molecule has 1 aromatic carbocycles. The maximum absolute atomic E-state index is 12.8. The smallest absolute Gasteiger partial charge is 0.346 e. The number of amides is 1. The molecular weight excluding hydrogens is 380 g/mol. The Labute approximate surface area is 177 Å². The Morgan fingerprint density at radius 1 is 1.10 bits per heavy atom. The average Bonchev–Trinajstić information content (AvgIpc) is 2.94. The molecule has 1 fully saturated rings. The molecule has 0 atom stereocenters. The Morgan fingerprint density at radius 3 is 2.60 bits per heavy atom. The fourth-order valence-corrected chi connectivity index (χ4v) is 4.59. The molecule has 0 aliphatic carbocycles. The van der Waals surface area contributed by atoms with Gasteiger partial charge in [0.1, 0.15) is 18.1 Å². The van der Waals surface area contributed by atoms with Crippen LogP contribution < -0.4 is 10.4 Å². The molecule has 0 saturated carbocycles. The van der Waals surface area contributed by atoms with Gasteiger partial charge in [0, 0.05) is 26.1 Å². The third-order valence-corrected chi connectivity index (χ3v) is 6.53. The molecule has 1 amide bonds. The molecule has 30 heavy (non-hydrogen) atoms. The monoisotopic (exact) mass is 412 g/mol.